The fourth-order valence-corrected chi connectivity index (χ4v) is 6.61. The van der Waals surface area contributed by atoms with Crippen LogP contribution in [-0.4, -0.2) is 6.72 Å². The number of rotatable bonds is 4. The minimum atomic E-state index is -0.246. The highest BCUT2D eigenvalue weighted by Gasteiger charge is 2.46. The lowest BCUT2D eigenvalue weighted by atomic mass is 9.66. The highest BCUT2D eigenvalue weighted by molar-refractivity contribution is 8.02. The summed E-state index contributed by atoms with van der Waals surface area (Å²) in [4.78, 5) is 5.51. The van der Waals surface area contributed by atoms with Crippen LogP contribution in [0.1, 0.15) is 41.2 Å². The molecule has 3 aromatic carbocycles. The molecular formula is C30H27NS. The number of hydrogen-bond donors (Lipinski definition) is 0. The van der Waals surface area contributed by atoms with E-state index in [1.807, 2.05) is 17.8 Å². The van der Waals surface area contributed by atoms with Crippen molar-refractivity contribution < 1.29 is 0 Å². The molecule has 2 heteroatoms. The van der Waals surface area contributed by atoms with E-state index in [2.05, 4.69) is 104 Å². The molecule has 1 spiro atoms. The lowest BCUT2D eigenvalue weighted by Crippen LogP contribution is -2.30. The monoisotopic (exact) mass is 433 g/mol. The van der Waals surface area contributed by atoms with Gasteiger partial charge in [-0.3, -0.25) is 4.99 Å². The highest BCUT2D eigenvalue weighted by Crippen LogP contribution is 2.58. The number of fused-ring (bicyclic) bond motifs is 7. The minimum absolute atomic E-state index is 0.246. The second-order valence-electron chi connectivity index (χ2n) is 8.38. The van der Waals surface area contributed by atoms with Crippen LogP contribution >= 0.6 is 11.8 Å². The van der Waals surface area contributed by atoms with Gasteiger partial charge in [0.2, 0.25) is 0 Å². The zero-order valence-corrected chi connectivity index (χ0v) is 19.3. The number of benzene rings is 3. The molecule has 5 rings (SSSR count). The van der Waals surface area contributed by atoms with E-state index in [9.17, 15) is 0 Å². The SMILES string of the molecule is C=C/C1=C(\C=C/C)CC2(c3ccccc3-c3ccccc32)c2cccc(CN=C)c2CS1. The summed E-state index contributed by atoms with van der Waals surface area (Å²) < 4.78 is 0. The fourth-order valence-electron chi connectivity index (χ4n) is 5.52. The molecule has 2 aliphatic rings. The van der Waals surface area contributed by atoms with Gasteiger partial charge in [-0.2, -0.15) is 0 Å². The summed E-state index contributed by atoms with van der Waals surface area (Å²) in [5.74, 6) is 0.898. The Balaban J connectivity index is 1.92. The molecule has 0 amide bonds. The summed E-state index contributed by atoms with van der Waals surface area (Å²) in [5, 5.41) is 0. The van der Waals surface area contributed by atoms with Gasteiger partial charge in [0.1, 0.15) is 0 Å². The first kappa shape index (κ1) is 20.8. The van der Waals surface area contributed by atoms with Crippen LogP contribution in [0.25, 0.3) is 11.1 Å². The van der Waals surface area contributed by atoms with Gasteiger partial charge in [-0.25, -0.2) is 0 Å². The van der Waals surface area contributed by atoms with Crippen LogP contribution in [0.3, 0.4) is 0 Å². The molecule has 1 aliphatic heterocycles. The molecule has 0 unspecified atom stereocenters. The van der Waals surface area contributed by atoms with E-state index in [-0.39, 0.29) is 5.41 Å². The normalized spacial score (nSPS) is 18.5. The molecule has 0 radical (unpaired) electrons. The molecule has 32 heavy (non-hydrogen) atoms. The van der Waals surface area contributed by atoms with Crippen LogP contribution in [0, 0.1) is 0 Å². The van der Waals surface area contributed by atoms with E-state index in [0.717, 1.165) is 12.2 Å². The Morgan fingerprint density at radius 3 is 2.22 bits per heavy atom. The Kier molecular flexibility index (Phi) is 5.48. The summed E-state index contributed by atoms with van der Waals surface area (Å²) in [6, 6.07) is 24.6. The Morgan fingerprint density at radius 1 is 0.938 bits per heavy atom. The van der Waals surface area contributed by atoms with E-state index >= 15 is 0 Å². The van der Waals surface area contributed by atoms with E-state index in [1.165, 1.54) is 49.4 Å². The van der Waals surface area contributed by atoms with Crippen molar-refractivity contribution in [3.05, 3.63) is 130 Å². The van der Waals surface area contributed by atoms with Gasteiger partial charge in [-0.15, -0.1) is 11.8 Å². The van der Waals surface area contributed by atoms with Crippen LogP contribution in [-0.2, 0) is 17.7 Å². The van der Waals surface area contributed by atoms with Gasteiger partial charge in [-0.1, -0.05) is 91.5 Å². The van der Waals surface area contributed by atoms with Gasteiger partial charge in [0.25, 0.3) is 0 Å². The van der Waals surface area contributed by atoms with E-state index < -0.39 is 0 Å². The first-order valence-electron chi connectivity index (χ1n) is 11.1. The topological polar surface area (TPSA) is 12.4 Å². The highest BCUT2D eigenvalue weighted by atomic mass is 32.2. The molecule has 3 aromatic rings. The molecule has 0 saturated carbocycles. The van der Waals surface area contributed by atoms with E-state index in [1.54, 1.807) is 0 Å². The molecule has 0 atom stereocenters. The van der Waals surface area contributed by atoms with Crippen molar-refractivity contribution in [1.82, 2.24) is 0 Å². The number of aliphatic imine (C=N–C) groups is 1. The minimum Gasteiger partial charge on any atom is -0.296 e. The van der Waals surface area contributed by atoms with Crippen molar-refractivity contribution >= 4 is 18.5 Å². The van der Waals surface area contributed by atoms with Gasteiger partial charge in [0, 0.05) is 10.7 Å². The fraction of sp³-hybridized carbons (Fsp3) is 0.167. The van der Waals surface area contributed by atoms with Crippen molar-refractivity contribution in [1.29, 1.82) is 0 Å². The smallest absolute Gasteiger partial charge is 0.0635 e. The maximum atomic E-state index is 4.25. The molecule has 1 heterocycles. The van der Waals surface area contributed by atoms with Crippen molar-refractivity contribution in [2.24, 2.45) is 4.99 Å². The van der Waals surface area contributed by atoms with Crippen LogP contribution in [0.2, 0.25) is 0 Å². The molecule has 0 fully saturated rings. The van der Waals surface area contributed by atoms with Gasteiger partial charge < -0.3 is 0 Å². The third-order valence-corrected chi connectivity index (χ3v) is 7.95. The van der Waals surface area contributed by atoms with Crippen LogP contribution < -0.4 is 0 Å². The molecule has 1 nitrogen and oxygen atoms in total. The van der Waals surface area contributed by atoms with Crippen LogP contribution in [0.5, 0.6) is 0 Å². The molecule has 158 valence electrons. The van der Waals surface area contributed by atoms with Crippen molar-refractivity contribution in [3.63, 3.8) is 0 Å². The third kappa shape index (κ3) is 3.05. The third-order valence-electron chi connectivity index (χ3n) is 6.78. The van der Waals surface area contributed by atoms with Crippen molar-refractivity contribution in [2.75, 3.05) is 0 Å². The molecule has 0 bridgehead atoms. The lowest BCUT2D eigenvalue weighted by Gasteiger charge is -2.37. The molecule has 0 saturated heterocycles. The molecule has 0 N–H and O–H groups in total. The zero-order valence-electron chi connectivity index (χ0n) is 18.5. The lowest BCUT2D eigenvalue weighted by molar-refractivity contribution is 0.624. The average molecular weight is 434 g/mol. The average Bonchev–Trinajstić information content (AvgIpc) is 3.10. The number of allylic oxidation sites excluding steroid dienone is 4. The predicted molar refractivity (Wildman–Crippen MR) is 139 cm³/mol. The summed E-state index contributed by atoms with van der Waals surface area (Å²) in [6.07, 6.45) is 7.35. The zero-order chi connectivity index (χ0) is 22.1. The number of thioether (sulfide) groups is 1. The predicted octanol–water partition coefficient (Wildman–Crippen LogP) is 7.86. The van der Waals surface area contributed by atoms with Crippen LogP contribution in [0.4, 0.5) is 0 Å². The summed E-state index contributed by atoms with van der Waals surface area (Å²) in [7, 11) is 0. The van der Waals surface area contributed by atoms with E-state index in [4.69, 9.17) is 0 Å². The summed E-state index contributed by atoms with van der Waals surface area (Å²) >= 11 is 1.88. The maximum absolute atomic E-state index is 4.25. The first-order chi connectivity index (χ1) is 15.7. The Hall–Kier alpha value is -3.10. The van der Waals surface area contributed by atoms with Gasteiger partial charge in [0.05, 0.1) is 12.0 Å². The quantitative estimate of drug-likeness (QED) is 0.382. The standard InChI is InChI=1S/C30H27NS/c1-4-11-21-18-30(26-15-8-6-13-23(26)24-14-7-9-16-27(24)30)28-17-10-12-22(19-31-3)25(28)20-32-29(21)5-2/h4-17H,2-3,18-20H2,1H3/b11-4-,29-21-. The Labute approximate surface area is 195 Å². The van der Waals surface area contributed by atoms with Gasteiger partial charge in [0.15, 0.2) is 0 Å². The molecular weight excluding hydrogens is 406 g/mol. The Bertz CT molecular complexity index is 1230. The Morgan fingerprint density at radius 2 is 1.59 bits per heavy atom. The number of hydrogen-bond acceptors (Lipinski definition) is 2. The second-order valence-corrected chi connectivity index (χ2v) is 9.40. The van der Waals surface area contributed by atoms with Gasteiger partial charge in [-0.05, 0) is 64.6 Å². The van der Waals surface area contributed by atoms with Gasteiger partial charge >= 0.3 is 0 Å². The maximum Gasteiger partial charge on any atom is 0.0635 e. The van der Waals surface area contributed by atoms with Crippen molar-refractivity contribution in [2.45, 2.75) is 31.1 Å². The second kappa shape index (κ2) is 8.44. The summed E-state index contributed by atoms with van der Waals surface area (Å²) in [5.41, 5.74) is 10.6. The van der Waals surface area contributed by atoms with Crippen LogP contribution in [0.15, 0.2) is 107 Å². The summed E-state index contributed by atoms with van der Waals surface area (Å²) in [6.45, 7) is 10.7. The van der Waals surface area contributed by atoms with Crippen molar-refractivity contribution in [3.8, 4) is 11.1 Å². The largest absolute Gasteiger partial charge is 0.296 e. The van der Waals surface area contributed by atoms with E-state index in [0.29, 0.717) is 6.54 Å². The first-order valence-corrected chi connectivity index (χ1v) is 12.1. The molecule has 0 aromatic heterocycles. The number of nitrogens with zero attached hydrogens (tertiary/aromatic N) is 1. The molecule has 1 aliphatic carbocycles.